The monoisotopic (exact) mass is 504 g/mol. The van der Waals surface area contributed by atoms with Crippen molar-refractivity contribution in [3.63, 3.8) is 0 Å². The third kappa shape index (κ3) is 3.03. The van der Waals surface area contributed by atoms with Gasteiger partial charge >= 0.3 is 5.97 Å². The van der Waals surface area contributed by atoms with Gasteiger partial charge in [-0.3, -0.25) is 4.79 Å². The van der Waals surface area contributed by atoms with Gasteiger partial charge in [0, 0.05) is 11.3 Å². The maximum Gasteiger partial charge on any atom is 0.313 e. The van der Waals surface area contributed by atoms with Crippen molar-refractivity contribution in [3.8, 4) is 0 Å². The van der Waals surface area contributed by atoms with Crippen LogP contribution in [0.15, 0.2) is 22.8 Å². The Bertz CT molecular complexity index is 1080. The molecule has 1 saturated heterocycles. The maximum absolute atomic E-state index is 14.3. The van der Waals surface area contributed by atoms with Gasteiger partial charge in [0.2, 0.25) is 0 Å². The molecule has 1 aliphatic heterocycles. The summed E-state index contributed by atoms with van der Waals surface area (Å²) in [5, 5.41) is 0. The van der Waals surface area contributed by atoms with E-state index in [1.807, 2.05) is 5.57 Å². The molecular weight excluding hydrogens is 452 g/mol. The second-order valence-corrected chi connectivity index (χ2v) is 16.4. The molecule has 3 saturated carbocycles. The summed E-state index contributed by atoms with van der Waals surface area (Å²) in [6.45, 7) is 17.5. The first-order valence-corrected chi connectivity index (χ1v) is 16.0. The standard InChI is InChI=1S/C35H52O2/c1-20(2)24-12-14-33(6)18-28-30(22(4)10-11-25(24)33)23-16-34(28,7)35(17-23)27-15-26-21(3)9-8-13-32(26,5)19-29(27)37-31(35)36/h9,20,22-27,29H,8,10-19H2,1-7H3/t22-,23+,24+,25-,26+,27+,29-,32-,33+,34+,35-/m0/s1. The topological polar surface area (TPSA) is 26.3 Å². The van der Waals surface area contributed by atoms with Gasteiger partial charge in [-0.15, -0.1) is 0 Å². The molecule has 2 heteroatoms. The van der Waals surface area contributed by atoms with Crippen LogP contribution in [0.3, 0.4) is 0 Å². The number of hydrogen-bond acceptors (Lipinski definition) is 2. The van der Waals surface area contributed by atoms with Gasteiger partial charge in [0.15, 0.2) is 0 Å². The van der Waals surface area contributed by atoms with Crippen molar-refractivity contribution in [2.24, 2.45) is 63.1 Å². The minimum atomic E-state index is -0.277. The molecule has 7 rings (SSSR count). The maximum atomic E-state index is 14.3. The Morgan fingerprint density at radius 2 is 1.76 bits per heavy atom. The highest BCUT2D eigenvalue weighted by Crippen LogP contribution is 2.77. The van der Waals surface area contributed by atoms with Crippen LogP contribution in [-0.4, -0.2) is 12.1 Å². The third-order valence-corrected chi connectivity index (χ3v) is 14.4. The van der Waals surface area contributed by atoms with Gasteiger partial charge in [0.25, 0.3) is 0 Å². The first-order chi connectivity index (χ1) is 17.4. The van der Waals surface area contributed by atoms with Crippen molar-refractivity contribution < 1.29 is 9.53 Å². The van der Waals surface area contributed by atoms with Crippen molar-refractivity contribution in [2.45, 2.75) is 125 Å². The first kappa shape index (κ1) is 25.0. The Morgan fingerprint density at radius 3 is 2.51 bits per heavy atom. The normalized spacial score (nSPS) is 54.4. The molecule has 0 amide bonds. The van der Waals surface area contributed by atoms with E-state index in [0.29, 0.717) is 34.5 Å². The smallest absolute Gasteiger partial charge is 0.313 e. The largest absolute Gasteiger partial charge is 0.462 e. The molecule has 0 radical (unpaired) electrons. The van der Waals surface area contributed by atoms with Crippen LogP contribution in [0.2, 0.25) is 0 Å². The third-order valence-electron chi connectivity index (χ3n) is 14.4. The van der Waals surface area contributed by atoms with Gasteiger partial charge in [0.05, 0.1) is 5.41 Å². The van der Waals surface area contributed by atoms with Crippen LogP contribution >= 0.6 is 0 Å². The number of carbonyl (C=O) groups is 1. The number of rotatable bonds is 1. The lowest BCUT2D eigenvalue weighted by Crippen LogP contribution is -2.52. The van der Waals surface area contributed by atoms with Crippen LogP contribution in [0.5, 0.6) is 0 Å². The lowest BCUT2D eigenvalue weighted by atomic mass is 9.47. The van der Waals surface area contributed by atoms with Crippen molar-refractivity contribution >= 4 is 5.97 Å². The van der Waals surface area contributed by atoms with Crippen molar-refractivity contribution in [1.29, 1.82) is 0 Å². The van der Waals surface area contributed by atoms with E-state index >= 15 is 0 Å². The lowest BCUT2D eigenvalue weighted by molar-refractivity contribution is -0.153. The molecule has 6 aliphatic carbocycles. The van der Waals surface area contributed by atoms with E-state index in [2.05, 4.69) is 54.5 Å². The Balaban J connectivity index is 1.30. The number of hydrogen-bond donors (Lipinski definition) is 0. The van der Waals surface area contributed by atoms with Crippen LogP contribution in [0.4, 0.5) is 0 Å². The van der Waals surface area contributed by atoms with Gasteiger partial charge < -0.3 is 4.74 Å². The molecule has 1 heterocycles. The molecule has 37 heavy (non-hydrogen) atoms. The molecule has 0 N–H and O–H groups in total. The fourth-order valence-corrected chi connectivity index (χ4v) is 12.6. The molecule has 1 spiro atoms. The van der Waals surface area contributed by atoms with Crippen molar-refractivity contribution in [2.75, 3.05) is 0 Å². The number of carbonyl (C=O) groups excluding carboxylic acids is 1. The van der Waals surface area contributed by atoms with E-state index in [4.69, 9.17) is 4.74 Å². The van der Waals surface area contributed by atoms with Crippen molar-refractivity contribution in [3.05, 3.63) is 22.8 Å². The summed E-state index contributed by atoms with van der Waals surface area (Å²) in [5.41, 5.74) is 5.59. The summed E-state index contributed by atoms with van der Waals surface area (Å²) in [6, 6.07) is 0. The summed E-state index contributed by atoms with van der Waals surface area (Å²) in [7, 11) is 0. The van der Waals surface area contributed by atoms with Crippen molar-refractivity contribution in [1.82, 2.24) is 0 Å². The van der Waals surface area contributed by atoms with E-state index < -0.39 is 0 Å². The summed E-state index contributed by atoms with van der Waals surface area (Å²) < 4.78 is 6.51. The number of allylic oxidation sites excluding steroid dienone is 4. The fourth-order valence-electron chi connectivity index (χ4n) is 12.6. The molecule has 0 aromatic carbocycles. The molecule has 0 aromatic rings. The number of esters is 1. The highest BCUT2D eigenvalue weighted by atomic mass is 16.6. The van der Waals surface area contributed by atoms with E-state index in [0.717, 1.165) is 30.6 Å². The molecule has 11 atom stereocenters. The quantitative estimate of drug-likeness (QED) is 0.263. The minimum Gasteiger partial charge on any atom is -0.462 e. The first-order valence-electron chi connectivity index (χ1n) is 16.0. The van der Waals surface area contributed by atoms with E-state index in [1.54, 1.807) is 11.1 Å². The zero-order chi connectivity index (χ0) is 26.1. The van der Waals surface area contributed by atoms with Crippen LogP contribution in [0.25, 0.3) is 0 Å². The fraction of sp³-hybridized carbons (Fsp3) is 0.857. The predicted octanol–water partition coefficient (Wildman–Crippen LogP) is 8.91. The van der Waals surface area contributed by atoms with Gasteiger partial charge in [-0.1, -0.05) is 64.3 Å². The number of fused-ring (bicyclic) bond motifs is 9. The highest BCUT2D eigenvalue weighted by Gasteiger charge is 2.75. The van der Waals surface area contributed by atoms with Crippen LogP contribution in [0.1, 0.15) is 119 Å². The Kier molecular flexibility index (Phi) is 5.25. The van der Waals surface area contributed by atoms with Gasteiger partial charge in [-0.05, 0) is 124 Å². The number of ether oxygens (including phenoxy) is 1. The Hall–Kier alpha value is -1.05. The molecule has 2 nitrogen and oxygen atoms in total. The van der Waals surface area contributed by atoms with Gasteiger partial charge in [0.1, 0.15) is 6.10 Å². The molecule has 7 aliphatic rings. The Labute approximate surface area is 226 Å². The van der Waals surface area contributed by atoms with E-state index in [9.17, 15) is 4.79 Å². The summed E-state index contributed by atoms with van der Waals surface area (Å²) in [6.07, 6.45) is 16.4. The predicted molar refractivity (Wildman–Crippen MR) is 150 cm³/mol. The molecule has 2 bridgehead atoms. The zero-order valence-electron chi connectivity index (χ0n) is 24.8. The average Bonchev–Trinajstić information content (AvgIpc) is 3.47. The molecule has 0 unspecified atom stereocenters. The molecule has 4 fully saturated rings. The Morgan fingerprint density at radius 1 is 0.973 bits per heavy atom. The highest BCUT2D eigenvalue weighted by molar-refractivity contribution is 5.83. The summed E-state index contributed by atoms with van der Waals surface area (Å²) >= 11 is 0. The lowest BCUT2D eigenvalue weighted by Gasteiger charge is -2.54. The second kappa shape index (κ2) is 7.78. The molecular formula is C35H52O2. The second-order valence-electron chi connectivity index (χ2n) is 16.4. The van der Waals surface area contributed by atoms with Crippen LogP contribution in [0, 0.1) is 63.1 Å². The van der Waals surface area contributed by atoms with Crippen LogP contribution < -0.4 is 0 Å². The summed E-state index contributed by atoms with van der Waals surface area (Å²) in [4.78, 5) is 14.3. The average molecular weight is 505 g/mol. The molecule has 0 aromatic heterocycles. The van der Waals surface area contributed by atoms with Gasteiger partial charge in [-0.25, -0.2) is 0 Å². The zero-order valence-corrected chi connectivity index (χ0v) is 24.8. The summed E-state index contributed by atoms with van der Waals surface area (Å²) in [5.74, 6) is 5.03. The van der Waals surface area contributed by atoms with Gasteiger partial charge in [-0.2, -0.15) is 0 Å². The van der Waals surface area contributed by atoms with E-state index in [1.165, 1.54) is 57.8 Å². The van der Waals surface area contributed by atoms with E-state index in [-0.39, 0.29) is 22.9 Å². The minimum absolute atomic E-state index is 0.00138. The van der Waals surface area contributed by atoms with Crippen LogP contribution in [-0.2, 0) is 9.53 Å². The SMILES string of the molecule is CC1=CCC[C@@]2(C)C[C@@H]3OC(=O)[C@]4(C[C@H]5C[C@]4(C)C4=C5[C@@H](C)CC[C@H]5[C@@H](C(C)C)CC[C@]5(C)C4)[C@@H]3C[C@H]12. The molecule has 204 valence electrons.